The highest BCUT2D eigenvalue weighted by Gasteiger charge is 2.28. The van der Waals surface area contributed by atoms with Crippen LogP contribution >= 0.6 is 0 Å². The number of carbonyl (C=O) groups is 1. The molecule has 0 bridgehead atoms. The van der Waals surface area contributed by atoms with Gasteiger partial charge in [0.1, 0.15) is 11.8 Å². The molecule has 2 unspecified atom stereocenters. The van der Waals surface area contributed by atoms with Gasteiger partial charge in [-0.05, 0) is 29.7 Å². The van der Waals surface area contributed by atoms with Gasteiger partial charge in [-0.1, -0.05) is 12.1 Å². The van der Waals surface area contributed by atoms with E-state index in [9.17, 15) is 35.3 Å². The molecule has 1 aliphatic rings. The molecule has 29 heavy (non-hydrogen) atoms. The topological polar surface area (TPSA) is 177 Å². The summed E-state index contributed by atoms with van der Waals surface area (Å²) in [4.78, 5) is 22.2. The number of anilines is 2. The van der Waals surface area contributed by atoms with Crippen LogP contribution in [0.3, 0.4) is 0 Å². The number of nitrogens with zero attached hydrogens (tertiary/aromatic N) is 1. The number of fused-ring (bicyclic) bond motifs is 1. The fourth-order valence-corrected chi connectivity index (χ4v) is 3.03. The summed E-state index contributed by atoms with van der Waals surface area (Å²) in [5.74, 6) is -1.05. The first-order valence-electron chi connectivity index (χ1n) is 8.69. The Labute approximate surface area is 164 Å². The smallest absolute Gasteiger partial charge is 0.321 e. The molecule has 0 saturated heterocycles. The van der Waals surface area contributed by atoms with E-state index < -0.39 is 29.4 Å². The highest BCUT2D eigenvalue weighted by molar-refractivity contribution is 5.78. The second-order valence-electron chi connectivity index (χ2n) is 6.61. The standard InChI is InChI=1S/C18H20N4O7/c23-12-3-1-9(2-4-12)5-14(18(26)27)19-8-10-6-11(22(28)29)7-13-15(10)21-17(25)16(24)20-13/h1-4,6-7,14,16-17,19-21,23-25H,5,8H2,(H,26,27)/t14-,16?,17?/m0/s1. The Hall–Kier alpha value is -3.41. The number of nitro benzene ring substituents is 1. The van der Waals surface area contributed by atoms with Crippen molar-refractivity contribution in [3.8, 4) is 5.75 Å². The first kappa shape index (κ1) is 20.3. The summed E-state index contributed by atoms with van der Waals surface area (Å²) in [5.41, 5.74) is 1.34. The fraction of sp³-hybridized carbons (Fsp3) is 0.278. The van der Waals surface area contributed by atoms with E-state index in [4.69, 9.17) is 0 Å². The molecule has 7 N–H and O–H groups in total. The average molecular weight is 404 g/mol. The Kier molecular flexibility index (Phi) is 5.82. The van der Waals surface area contributed by atoms with E-state index in [0.29, 0.717) is 16.8 Å². The van der Waals surface area contributed by atoms with E-state index in [1.807, 2.05) is 0 Å². The first-order chi connectivity index (χ1) is 13.7. The van der Waals surface area contributed by atoms with Crippen molar-refractivity contribution in [3.63, 3.8) is 0 Å². The molecule has 3 atom stereocenters. The normalized spacial score (nSPS) is 18.8. The minimum Gasteiger partial charge on any atom is -0.508 e. The highest BCUT2D eigenvalue weighted by Crippen LogP contribution is 2.35. The number of phenolic OH excluding ortho intramolecular Hbond substituents is 1. The Morgan fingerprint density at radius 1 is 1.17 bits per heavy atom. The van der Waals surface area contributed by atoms with Crippen LogP contribution in [0.1, 0.15) is 11.1 Å². The number of nitrogens with one attached hydrogen (secondary N) is 3. The maximum absolute atomic E-state index is 11.6. The number of hydrogen-bond acceptors (Lipinski definition) is 9. The SMILES string of the molecule is O=C(O)[C@H](Cc1ccc(O)cc1)NCc1cc([N+](=O)[O-])cc2c1NC(O)C(O)N2. The number of aromatic hydroxyl groups is 1. The van der Waals surface area contributed by atoms with Gasteiger partial charge in [-0.2, -0.15) is 0 Å². The van der Waals surface area contributed by atoms with Crippen LogP contribution in [0.5, 0.6) is 5.75 Å². The van der Waals surface area contributed by atoms with Crippen molar-refractivity contribution in [1.29, 1.82) is 0 Å². The van der Waals surface area contributed by atoms with Crippen molar-refractivity contribution >= 4 is 23.0 Å². The van der Waals surface area contributed by atoms with Crippen molar-refractivity contribution in [1.82, 2.24) is 5.32 Å². The quantitative estimate of drug-likeness (QED) is 0.255. The maximum atomic E-state index is 11.6. The molecular weight excluding hydrogens is 384 g/mol. The maximum Gasteiger partial charge on any atom is 0.321 e. The van der Waals surface area contributed by atoms with Crippen LogP contribution in [0.25, 0.3) is 0 Å². The molecule has 1 aliphatic heterocycles. The summed E-state index contributed by atoms with van der Waals surface area (Å²) in [7, 11) is 0. The minimum atomic E-state index is -1.36. The molecule has 0 radical (unpaired) electrons. The van der Waals surface area contributed by atoms with Crippen LogP contribution in [-0.2, 0) is 17.8 Å². The molecule has 2 aromatic rings. The van der Waals surface area contributed by atoms with Gasteiger partial charge in [-0.15, -0.1) is 0 Å². The van der Waals surface area contributed by atoms with Crippen LogP contribution < -0.4 is 16.0 Å². The number of nitro groups is 1. The van der Waals surface area contributed by atoms with E-state index in [-0.39, 0.29) is 30.1 Å². The lowest BCUT2D eigenvalue weighted by molar-refractivity contribution is -0.384. The molecule has 3 rings (SSSR count). The number of hydrogen-bond donors (Lipinski definition) is 7. The number of phenols is 1. The lowest BCUT2D eigenvalue weighted by atomic mass is 10.0. The zero-order chi connectivity index (χ0) is 21.1. The fourth-order valence-electron chi connectivity index (χ4n) is 3.03. The predicted octanol–water partition coefficient (Wildman–Crippen LogP) is 0.560. The zero-order valence-corrected chi connectivity index (χ0v) is 15.1. The second kappa shape index (κ2) is 8.31. The molecule has 11 nitrogen and oxygen atoms in total. The van der Waals surface area contributed by atoms with Crippen LogP contribution in [-0.4, -0.2) is 49.8 Å². The summed E-state index contributed by atoms with van der Waals surface area (Å²) in [6.45, 7) is -0.0451. The van der Waals surface area contributed by atoms with E-state index in [1.165, 1.54) is 24.3 Å². The van der Waals surface area contributed by atoms with Crippen LogP contribution in [0.4, 0.5) is 17.1 Å². The van der Waals surface area contributed by atoms with Crippen molar-refractivity contribution in [2.75, 3.05) is 10.6 Å². The van der Waals surface area contributed by atoms with Gasteiger partial charge >= 0.3 is 5.97 Å². The van der Waals surface area contributed by atoms with Gasteiger partial charge in [0.25, 0.3) is 5.69 Å². The Bertz CT molecular complexity index is 919. The lowest BCUT2D eigenvalue weighted by Crippen LogP contribution is -2.43. The van der Waals surface area contributed by atoms with E-state index in [2.05, 4.69) is 16.0 Å². The number of aliphatic hydroxyl groups is 2. The monoisotopic (exact) mass is 404 g/mol. The molecule has 0 fully saturated rings. The second-order valence-corrected chi connectivity index (χ2v) is 6.61. The van der Waals surface area contributed by atoms with Gasteiger partial charge in [0.05, 0.1) is 16.3 Å². The van der Waals surface area contributed by atoms with Crippen molar-refractivity contribution in [2.24, 2.45) is 0 Å². The molecule has 0 aliphatic carbocycles. The van der Waals surface area contributed by atoms with Crippen LogP contribution in [0.2, 0.25) is 0 Å². The molecule has 11 heteroatoms. The molecule has 1 heterocycles. The van der Waals surface area contributed by atoms with Crippen molar-refractivity contribution in [3.05, 3.63) is 57.6 Å². The number of aliphatic carboxylic acids is 1. The third-order valence-electron chi connectivity index (χ3n) is 4.52. The van der Waals surface area contributed by atoms with E-state index in [1.54, 1.807) is 12.1 Å². The lowest BCUT2D eigenvalue weighted by Gasteiger charge is -2.31. The number of rotatable bonds is 7. The summed E-state index contributed by atoms with van der Waals surface area (Å²) in [5, 5.41) is 57.7. The van der Waals surface area contributed by atoms with Gasteiger partial charge < -0.3 is 31.1 Å². The molecule has 0 spiro atoms. The number of carboxylic acid groups (broad SMARTS) is 1. The molecule has 0 saturated carbocycles. The largest absolute Gasteiger partial charge is 0.508 e. The van der Waals surface area contributed by atoms with Gasteiger partial charge in [-0.3, -0.25) is 20.2 Å². The summed E-state index contributed by atoms with van der Waals surface area (Å²) in [6.07, 6.45) is -2.57. The number of non-ortho nitro benzene ring substituents is 1. The highest BCUT2D eigenvalue weighted by atomic mass is 16.6. The summed E-state index contributed by atoms with van der Waals surface area (Å²) in [6, 6.07) is 7.59. The molecule has 2 aromatic carbocycles. The third-order valence-corrected chi connectivity index (χ3v) is 4.52. The number of aliphatic hydroxyl groups excluding tert-OH is 2. The van der Waals surface area contributed by atoms with Gasteiger partial charge in [0, 0.05) is 18.7 Å². The number of benzene rings is 2. The van der Waals surface area contributed by atoms with Crippen molar-refractivity contribution < 1.29 is 30.1 Å². The van der Waals surface area contributed by atoms with E-state index >= 15 is 0 Å². The Morgan fingerprint density at radius 2 is 1.83 bits per heavy atom. The van der Waals surface area contributed by atoms with Gasteiger partial charge in [0.2, 0.25) is 0 Å². The van der Waals surface area contributed by atoms with Gasteiger partial charge in [0.15, 0.2) is 12.5 Å². The zero-order valence-electron chi connectivity index (χ0n) is 15.1. The predicted molar refractivity (Wildman–Crippen MR) is 102 cm³/mol. The Balaban J connectivity index is 1.83. The Morgan fingerprint density at radius 3 is 2.45 bits per heavy atom. The van der Waals surface area contributed by atoms with Crippen molar-refractivity contribution in [2.45, 2.75) is 31.5 Å². The molecule has 154 valence electrons. The molecule has 0 aromatic heterocycles. The first-order valence-corrected chi connectivity index (χ1v) is 8.69. The minimum absolute atomic E-state index is 0.0451. The summed E-state index contributed by atoms with van der Waals surface area (Å²) >= 11 is 0. The summed E-state index contributed by atoms with van der Waals surface area (Å²) < 4.78 is 0. The van der Waals surface area contributed by atoms with Crippen LogP contribution in [0.15, 0.2) is 36.4 Å². The van der Waals surface area contributed by atoms with Crippen LogP contribution in [0, 0.1) is 10.1 Å². The van der Waals surface area contributed by atoms with Gasteiger partial charge in [-0.25, -0.2) is 0 Å². The molecule has 0 amide bonds. The average Bonchev–Trinajstić information content (AvgIpc) is 2.67. The number of carboxylic acids is 1. The third kappa shape index (κ3) is 4.71. The molecular formula is C18H20N4O7. The van der Waals surface area contributed by atoms with E-state index in [0.717, 1.165) is 0 Å².